The number of aldehydes is 1. The molecule has 0 aliphatic heterocycles. The molecule has 0 radical (unpaired) electrons. The van der Waals surface area contributed by atoms with E-state index in [1.165, 1.54) is 6.33 Å². The number of nitrogens with two attached hydrogens (primary N) is 1. The summed E-state index contributed by atoms with van der Waals surface area (Å²) in [7, 11) is 0. The van der Waals surface area contributed by atoms with Crippen LogP contribution in [0.5, 0.6) is 0 Å². The van der Waals surface area contributed by atoms with Crippen LogP contribution in [0.15, 0.2) is 12.7 Å². The van der Waals surface area contributed by atoms with Gasteiger partial charge in [-0.25, -0.2) is 0 Å². The number of fused-ring (bicyclic) bond motifs is 1. The van der Waals surface area contributed by atoms with Gasteiger partial charge in [0, 0.05) is 0 Å². The second-order valence-corrected chi connectivity index (χ2v) is 20.9. The van der Waals surface area contributed by atoms with E-state index >= 15 is 0 Å². The number of carbonyl (C=O) groups excluding carboxylic acids is 2. The number of nitrogens with zero attached hydrogens (tertiary/aromatic N) is 4. The van der Waals surface area contributed by atoms with E-state index in [1.807, 2.05) is 6.92 Å². The van der Waals surface area contributed by atoms with Crippen molar-refractivity contribution in [2.75, 3.05) is 18.7 Å². The Morgan fingerprint density at radius 2 is 2.05 bits per heavy atom. The Hall–Kier alpha value is -1.84. The van der Waals surface area contributed by atoms with Crippen LogP contribution in [0.4, 0.5) is 5.82 Å². The summed E-state index contributed by atoms with van der Waals surface area (Å²) < 4.78 is 32.3. The Morgan fingerprint density at radius 3 is 2.68 bits per heavy atom. The average molecular weight is 600 g/mol. The van der Waals surface area contributed by atoms with Crippen LogP contribution < -0.4 is 10.8 Å². The van der Waals surface area contributed by atoms with Gasteiger partial charge in [0.15, 0.2) is 0 Å². The number of rotatable bonds is 15. The summed E-state index contributed by atoms with van der Waals surface area (Å²) in [6.45, 7) is 9.36. The zero-order chi connectivity index (χ0) is 27.2. The Morgan fingerprint density at radius 1 is 1.32 bits per heavy atom. The summed E-state index contributed by atoms with van der Waals surface area (Å²) in [5, 5.41) is 3.03. The monoisotopic (exact) mass is 600 g/mol. The summed E-state index contributed by atoms with van der Waals surface area (Å²) in [6, 6.07) is -0.761. The Bertz CT molecular complexity index is 1120. The maximum atomic E-state index is 14.2. The van der Waals surface area contributed by atoms with Crippen LogP contribution in [0.1, 0.15) is 53.9 Å². The van der Waals surface area contributed by atoms with Crippen molar-refractivity contribution in [3.8, 4) is 0 Å². The van der Waals surface area contributed by atoms with Gasteiger partial charge in [0.1, 0.15) is 0 Å². The quantitative estimate of drug-likeness (QED) is 0.134. The van der Waals surface area contributed by atoms with Gasteiger partial charge in [-0.1, -0.05) is 0 Å². The topological polar surface area (TPSA) is 161 Å². The SMILES string of the molecule is CC(C)OC(=O)C(C)(C)[AsH][P@](=O)(CO[C@H](C)Cn1cnc2c(N)ncnc21)N[C@@H](C=O)COC1CCC1. The summed E-state index contributed by atoms with van der Waals surface area (Å²) in [5.74, 6) is -3.41. The molecular weight excluding hydrogens is 562 g/mol. The van der Waals surface area contributed by atoms with Crippen LogP contribution in [-0.2, 0) is 34.9 Å². The van der Waals surface area contributed by atoms with Crippen molar-refractivity contribution in [1.82, 2.24) is 24.6 Å². The van der Waals surface area contributed by atoms with E-state index in [1.54, 1.807) is 38.6 Å². The standard InChI is InChI=1S/C23H38AsN6O6P/c1-15(2)36-22(32)23(4,5)24-37(33,29-17(10-31)11-34-18-7-6-8-18)14-35-16(3)9-30-13-28-19-20(25)26-12-27-21(19)30/h10,12-13,15-18,24H,6-9,11,14H2,1-5H3,(H,29,33)(H2,25,26,27)/t16-,17+,37-/m1/s1. The Kier molecular flexibility index (Phi) is 10.3. The molecule has 2 aromatic rings. The van der Waals surface area contributed by atoms with Gasteiger partial charge in [0.2, 0.25) is 0 Å². The third-order valence-corrected chi connectivity index (χ3v) is 15.9. The molecular formula is C23H38AsN6O6P. The molecule has 206 valence electrons. The zero-order valence-corrected chi connectivity index (χ0v) is 25.0. The van der Waals surface area contributed by atoms with Gasteiger partial charge >= 0.3 is 224 Å². The molecule has 2 heterocycles. The predicted octanol–water partition coefficient (Wildman–Crippen LogP) is 2.28. The van der Waals surface area contributed by atoms with Crippen molar-refractivity contribution >= 4 is 50.4 Å². The molecule has 0 amide bonds. The molecule has 0 spiro atoms. The number of esters is 1. The van der Waals surface area contributed by atoms with Crippen LogP contribution in [0.25, 0.3) is 11.2 Å². The first-order valence-corrected chi connectivity index (χ1v) is 18.1. The van der Waals surface area contributed by atoms with Crippen molar-refractivity contribution in [3.63, 3.8) is 0 Å². The second-order valence-electron chi connectivity index (χ2n) is 10.1. The normalized spacial score (nSPS) is 18.1. The first-order valence-electron chi connectivity index (χ1n) is 12.4. The molecule has 4 atom stereocenters. The molecule has 0 bridgehead atoms. The van der Waals surface area contributed by atoms with E-state index in [-0.39, 0.29) is 37.1 Å². The van der Waals surface area contributed by atoms with Crippen LogP contribution in [0, 0.1) is 0 Å². The van der Waals surface area contributed by atoms with E-state index in [9.17, 15) is 14.2 Å². The Labute approximate surface area is 223 Å². The number of ether oxygens (including phenoxy) is 3. The van der Waals surface area contributed by atoms with E-state index < -0.39 is 37.4 Å². The number of hydrogen-bond acceptors (Lipinski definition) is 10. The fraction of sp³-hybridized carbons (Fsp3) is 0.696. The molecule has 1 unspecified atom stereocenters. The van der Waals surface area contributed by atoms with Crippen LogP contribution >= 0.6 is 5.85 Å². The van der Waals surface area contributed by atoms with Crippen molar-refractivity contribution in [3.05, 3.63) is 12.7 Å². The number of hydrogen-bond donors (Lipinski definition) is 2. The van der Waals surface area contributed by atoms with Gasteiger partial charge < -0.3 is 0 Å². The number of imidazole rings is 1. The number of aromatic nitrogens is 4. The number of anilines is 1. The fourth-order valence-corrected chi connectivity index (χ4v) is 14.7. The number of nitrogens with one attached hydrogen (secondary N) is 1. The van der Waals surface area contributed by atoms with E-state index in [0.717, 1.165) is 19.3 Å². The second kappa shape index (κ2) is 12.8. The van der Waals surface area contributed by atoms with Crippen molar-refractivity contribution in [2.24, 2.45) is 0 Å². The number of carbonyl (C=O) groups is 2. The predicted molar refractivity (Wildman–Crippen MR) is 142 cm³/mol. The molecule has 14 heteroatoms. The number of nitrogen functional groups attached to an aromatic ring is 1. The van der Waals surface area contributed by atoms with E-state index in [4.69, 9.17) is 19.9 Å². The minimum atomic E-state index is -3.29. The van der Waals surface area contributed by atoms with Gasteiger partial charge in [-0.15, -0.1) is 0 Å². The van der Waals surface area contributed by atoms with Gasteiger partial charge in [-0.2, -0.15) is 0 Å². The molecule has 12 nitrogen and oxygen atoms in total. The molecule has 1 aliphatic carbocycles. The average Bonchev–Trinajstić information content (AvgIpc) is 3.19. The molecule has 1 saturated carbocycles. The molecule has 2 aromatic heterocycles. The molecule has 1 aliphatic rings. The third kappa shape index (κ3) is 8.32. The Balaban J connectivity index is 1.71. The van der Waals surface area contributed by atoms with Crippen LogP contribution in [0.2, 0.25) is 4.20 Å². The summed E-state index contributed by atoms with van der Waals surface area (Å²) in [4.78, 5) is 37.0. The van der Waals surface area contributed by atoms with Crippen molar-refractivity contribution in [2.45, 2.75) is 89.0 Å². The van der Waals surface area contributed by atoms with Gasteiger partial charge in [0.05, 0.1) is 0 Å². The van der Waals surface area contributed by atoms with Gasteiger partial charge in [-0.05, 0) is 0 Å². The zero-order valence-electron chi connectivity index (χ0n) is 22.0. The first kappa shape index (κ1) is 29.7. The molecule has 3 rings (SSSR count). The summed E-state index contributed by atoms with van der Waals surface area (Å²) in [5.41, 5.74) is 6.94. The molecule has 37 heavy (non-hydrogen) atoms. The van der Waals surface area contributed by atoms with Gasteiger partial charge in [0.25, 0.3) is 0 Å². The van der Waals surface area contributed by atoms with E-state index in [2.05, 4.69) is 20.0 Å². The van der Waals surface area contributed by atoms with Crippen molar-refractivity contribution in [1.29, 1.82) is 0 Å². The van der Waals surface area contributed by atoms with E-state index in [0.29, 0.717) is 24.0 Å². The maximum absolute atomic E-state index is 14.2. The summed E-state index contributed by atoms with van der Waals surface area (Å²) in [6.07, 6.45) is 6.06. The third-order valence-electron chi connectivity index (χ3n) is 5.84. The molecule has 3 N–H and O–H groups in total. The first-order chi connectivity index (χ1) is 17.4. The molecule has 1 fully saturated rings. The van der Waals surface area contributed by atoms with Crippen LogP contribution in [0.3, 0.4) is 0 Å². The van der Waals surface area contributed by atoms with Crippen LogP contribution in [-0.4, -0.2) is 84.4 Å². The summed E-state index contributed by atoms with van der Waals surface area (Å²) >= 11 is -1.52. The minimum absolute atomic E-state index is 0.124. The van der Waals surface area contributed by atoms with Crippen molar-refractivity contribution < 1.29 is 28.4 Å². The van der Waals surface area contributed by atoms with Gasteiger partial charge in [-0.3, -0.25) is 0 Å². The molecule has 0 aromatic carbocycles. The fourth-order valence-electron chi connectivity index (χ4n) is 3.71. The molecule has 0 saturated heterocycles.